The van der Waals surface area contributed by atoms with E-state index in [1.165, 1.54) is 12.5 Å². The number of rotatable bonds is 4. The Morgan fingerprint density at radius 1 is 1.33 bits per heavy atom. The molecule has 1 heterocycles. The molecule has 2 aromatic rings. The minimum Gasteiger partial charge on any atom is -0.439 e. The molecule has 0 fully saturated rings. The highest BCUT2D eigenvalue weighted by Gasteiger charge is 2.13. The Morgan fingerprint density at radius 3 is 2.56 bits per heavy atom. The van der Waals surface area contributed by atoms with Gasteiger partial charge in [-0.1, -0.05) is 17.7 Å². The summed E-state index contributed by atoms with van der Waals surface area (Å²) in [7, 11) is 0. The van der Waals surface area contributed by atoms with Crippen LogP contribution >= 0.6 is 0 Å². The minimum atomic E-state index is -0.0596. The molecule has 0 spiro atoms. The van der Waals surface area contributed by atoms with Crippen molar-refractivity contribution in [1.29, 1.82) is 0 Å². The molecule has 0 aliphatic heterocycles. The van der Waals surface area contributed by atoms with E-state index in [1.54, 1.807) is 10.8 Å². The molecule has 0 N–H and O–H groups in total. The maximum atomic E-state index is 11.4. The summed E-state index contributed by atoms with van der Waals surface area (Å²) in [5.74, 6) is 1.70. The van der Waals surface area contributed by atoms with E-state index in [4.69, 9.17) is 4.74 Å². The fraction of sp³-hybridized carbons (Fsp3) is 0.286. The van der Waals surface area contributed by atoms with E-state index in [0.29, 0.717) is 18.2 Å². The molecule has 0 aliphatic carbocycles. The number of nitrogens with zero attached hydrogens (tertiary/aromatic N) is 2. The molecule has 0 saturated heterocycles. The number of ether oxygens (including phenoxy) is 1. The van der Waals surface area contributed by atoms with E-state index in [-0.39, 0.29) is 5.78 Å². The maximum absolute atomic E-state index is 11.4. The second-order valence-corrected chi connectivity index (χ2v) is 4.14. The minimum absolute atomic E-state index is 0.0596. The molecular formula is C14H16N2O2. The summed E-state index contributed by atoms with van der Waals surface area (Å²) in [4.78, 5) is 15.5. The van der Waals surface area contributed by atoms with Gasteiger partial charge in [0.1, 0.15) is 5.75 Å². The highest BCUT2D eigenvalue weighted by atomic mass is 16.5. The Hall–Kier alpha value is -2.10. The van der Waals surface area contributed by atoms with E-state index < -0.39 is 0 Å². The summed E-state index contributed by atoms with van der Waals surface area (Å²) >= 11 is 0. The summed E-state index contributed by atoms with van der Waals surface area (Å²) in [5, 5.41) is 0. The fourth-order valence-electron chi connectivity index (χ4n) is 1.76. The van der Waals surface area contributed by atoms with E-state index >= 15 is 0 Å². The lowest BCUT2D eigenvalue weighted by Crippen LogP contribution is -2.07. The molecule has 0 atom stereocenters. The van der Waals surface area contributed by atoms with Crippen LogP contribution in [-0.2, 0) is 6.54 Å². The van der Waals surface area contributed by atoms with Crippen molar-refractivity contribution in [2.75, 3.05) is 0 Å². The van der Waals surface area contributed by atoms with Gasteiger partial charge in [-0.3, -0.25) is 9.36 Å². The van der Waals surface area contributed by atoms with Gasteiger partial charge in [0, 0.05) is 13.5 Å². The van der Waals surface area contributed by atoms with Gasteiger partial charge in [0.05, 0.1) is 6.20 Å². The molecule has 0 aliphatic rings. The van der Waals surface area contributed by atoms with Gasteiger partial charge >= 0.3 is 0 Å². The van der Waals surface area contributed by atoms with E-state index in [1.807, 2.05) is 38.1 Å². The molecule has 2 rings (SSSR count). The predicted molar refractivity (Wildman–Crippen MR) is 69.2 cm³/mol. The summed E-state index contributed by atoms with van der Waals surface area (Å²) in [6.07, 6.45) is 1.58. The normalized spacial score (nSPS) is 10.4. The van der Waals surface area contributed by atoms with Gasteiger partial charge in [-0.05, 0) is 26.0 Å². The number of benzene rings is 1. The lowest BCUT2D eigenvalue weighted by molar-refractivity contribution is 0.0998. The second kappa shape index (κ2) is 5.04. The first-order valence-corrected chi connectivity index (χ1v) is 5.92. The number of carbonyl (C=O) groups excluding carboxylic acids is 1. The molecule has 18 heavy (non-hydrogen) atoms. The van der Waals surface area contributed by atoms with Gasteiger partial charge in [0.15, 0.2) is 11.6 Å². The molecule has 0 unspecified atom stereocenters. The van der Waals surface area contributed by atoms with Gasteiger partial charge in [0.25, 0.3) is 0 Å². The summed E-state index contributed by atoms with van der Waals surface area (Å²) < 4.78 is 7.50. The van der Waals surface area contributed by atoms with Gasteiger partial charge in [-0.25, -0.2) is 4.98 Å². The second-order valence-electron chi connectivity index (χ2n) is 4.14. The maximum Gasteiger partial charge on any atom is 0.220 e. The lowest BCUT2D eigenvalue weighted by Gasteiger charge is -2.09. The Morgan fingerprint density at radius 2 is 2.00 bits per heavy atom. The van der Waals surface area contributed by atoms with E-state index in [0.717, 1.165) is 5.75 Å². The average molecular weight is 244 g/mol. The van der Waals surface area contributed by atoms with Gasteiger partial charge < -0.3 is 4.74 Å². The number of ketones is 1. The van der Waals surface area contributed by atoms with Crippen LogP contribution in [-0.4, -0.2) is 15.3 Å². The third-order valence-electron chi connectivity index (χ3n) is 2.69. The average Bonchev–Trinajstić information content (AvgIpc) is 2.75. The van der Waals surface area contributed by atoms with Gasteiger partial charge in [-0.2, -0.15) is 0 Å². The highest BCUT2D eigenvalue weighted by Crippen LogP contribution is 2.23. The number of carbonyl (C=O) groups is 1. The van der Waals surface area contributed by atoms with Crippen LogP contribution in [0.25, 0.3) is 0 Å². The lowest BCUT2D eigenvalue weighted by atomic mass is 10.2. The number of aromatic nitrogens is 2. The highest BCUT2D eigenvalue weighted by molar-refractivity contribution is 5.90. The summed E-state index contributed by atoms with van der Waals surface area (Å²) in [6, 6.07) is 7.76. The third kappa shape index (κ3) is 2.42. The monoisotopic (exact) mass is 244 g/mol. The molecule has 0 bridgehead atoms. The van der Waals surface area contributed by atoms with Crippen LogP contribution in [0.3, 0.4) is 0 Å². The largest absolute Gasteiger partial charge is 0.439 e. The van der Waals surface area contributed by atoms with Crippen molar-refractivity contribution in [3.8, 4) is 11.6 Å². The van der Waals surface area contributed by atoms with E-state index in [9.17, 15) is 4.79 Å². The van der Waals surface area contributed by atoms with Crippen LogP contribution in [0.1, 0.15) is 30.0 Å². The van der Waals surface area contributed by atoms with Crippen LogP contribution in [0.5, 0.6) is 11.6 Å². The third-order valence-corrected chi connectivity index (χ3v) is 2.69. The first-order chi connectivity index (χ1) is 8.61. The SMILES string of the molecule is CCn1c(Oc2ccc(C)cc2)cnc1C(C)=O. The molecule has 0 radical (unpaired) electrons. The van der Waals surface area contributed by atoms with Crippen molar-refractivity contribution in [3.63, 3.8) is 0 Å². The number of aryl methyl sites for hydroxylation is 1. The Labute approximate surface area is 106 Å². The molecule has 0 amide bonds. The van der Waals surface area contributed by atoms with Gasteiger partial charge in [0.2, 0.25) is 5.88 Å². The van der Waals surface area contributed by atoms with Crippen molar-refractivity contribution in [2.45, 2.75) is 27.3 Å². The Balaban J connectivity index is 2.29. The Bertz CT molecular complexity index is 556. The Kier molecular flexibility index (Phi) is 3.46. The zero-order valence-corrected chi connectivity index (χ0v) is 10.8. The molecule has 0 saturated carbocycles. The number of hydrogen-bond donors (Lipinski definition) is 0. The van der Waals surface area contributed by atoms with Crippen molar-refractivity contribution in [1.82, 2.24) is 9.55 Å². The molecule has 1 aromatic heterocycles. The number of Topliss-reactive ketones (excluding diaryl/α,β-unsaturated/α-hetero) is 1. The van der Waals surface area contributed by atoms with Crippen molar-refractivity contribution in [2.24, 2.45) is 0 Å². The summed E-state index contributed by atoms with van der Waals surface area (Å²) in [6.45, 7) is 6.13. The zero-order valence-electron chi connectivity index (χ0n) is 10.8. The molecule has 4 nitrogen and oxygen atoms in total. The smallest absolute Gasteiger partial charge is 0.220 e. The quantitative estimate of drug-likeness (QED) is 0.776. The summed E-state index contributed by atoms with van der Waals surface area (Å²) in [5.41, 5.74) is 1.18. The van der Waals surface area contributed by atoms with Crippen molar-refractivity contribution >= 4 is 5.78 Å². The zero-order chi connectivity index (χ0) is 13.1. The predicted octanol–water partition coefficient (Wildman–Crippen LogP) is 3.21. The topological polar surface area (TPSA) is 44.1 Å². The van der Waals surface area contributed by atoms with Crippen LogP contribution in [0.4, 0.5) is 0 Å². The van der Waals surface area contributed by atoms with Crippen LogP contribution in [0.2, 0.25) is 0 Å². The first-order valence-electron chi connectivity index (χ1n) is 5.92. The number of hydrogen-bond acceptors (Lipinski definition) is 3. The van der Waals surface area contributed by atoms with Crippen molar-refractivity contribution < 1.29 is 9.53 Å². The molecule has 1 aromatic carbocycles. The van der Waals surface area contributed by atoms with Crippen molar-refractivity contribution in [3.05, 3.63) is 41.9 Å². The standard InChI is InChI=1S/C14H16N2O2/c1-4-16-13(9-15-14(16)11(3)17)18-12-7-5-10(2)6-8-12/h5-9H,4H2,1-3H3. The first kappa shape index (κ1) is 12.4. The van der Waals surface area contributed by atoms with Gasteiger partial charge in [-0.15, -0.1) is 0 Å². The van der Waals surface area contributed by atoms with Crippen LogP contribution in [0, 0.1) is 6.92 Å². The number of imidazole rings is 1. The van der Waals surface area contributed by atoms with E-state index in [2.05, 4.69) is 4.98 Å². The fourth-order valence-corrected chi connectivity index (χ4v) is 1.76. The van der Waals surface area contributed by atoms with Crippen LogP contribution < -0.4 is 4.74 Å². The van der Waals surface area contributed by atoms with Crippen LogP contribution in [0.15, 0.2) is 30.5 Å². The molecule has 4 heteroatoms. The molecular weight excluding hydrogens is 228 g/mol. The molecule has 94 valence electrons.